The molecule has 0 aliphatic heterocycles. The molecule has 0 spiro atoms. The van der Waals surface area contributed by atoms with Gasteiger partial charge in [0, 0.05) is 19.2 Å². The molecule has 5 heteroatoms. The average molecular weight is 310 g/mol. The van der Waals surface area contributed by atoms with Crippen LogP contribution in [0.25, 0.3) is 11.3 Å². The van der Waals surface area contributed by atoms with Crippen molar-refractivity contribution in [2.24, 2.45) is 12.8 Å². The van der Waals surface area contributed by atoms with E-state index < -0.39 is 0 Å². The molecule has 0 bridgehead atoms. The van der Waals surface area contributed by atoms with E-state index >= 15 is 0 Å². The van der Waals surface area contributed by atoms with Crippen molar-refractivity contribution in [1.82, 2.24) is 9.78 Å². The van der Waals surface area contributed by atoms with Crippen LogP contribution in [0.3, 0.4) is 0 Å². The lowest BCUT2D eigenvalue weighted by molar-refractivity contribution is 0.412. The summed E-state index contributed by atoms with van der Waals surface area (Å²) in [7, 11) is 3.57. The first kappa shape index (κ1) is 13.1. The normalized spacial score (nSPS) is 10.7. The van der Waals surface area contributed by atoms with Crippen molar-refractivity contribution in [2.75, 3.05) is 7.11 Å². The Morgan fingerprint density at radius 3 is 2.67 bits per heavy atom. The Morgan fingerprint density at radius 1 is 1.44 bits per heavy atom. The van der Waals surface area contributed by atoms with Crippen LogP contribution in [0.4, 0.5) is 0 Å². The number of nitrogens with two attached hydrogens (primary N) is 1. The van der Waals surface area contributed by atoms with Crippen LogP contribution in [0.1, 0.15) is 11.3 Å². The average Bonchev–Trinajstić information content (AvgIpc) is 2.64. The fraction of sp³-hybridized carbons (Fsp3) is 0.308. The zero-order valence-corrected chi connectivity index (χ0v) is 12.3. The zero-order chi connectivity index (χ0) is 13.3. The van der Waals surface area contributed by atoms with Gasteiger partial charge >= 0.3 is 0 Å². The summed E-state index contributed by atoms with van der Waals surface area (Å²) in [6.45, 7) is 2.47. The van der Waals surface area contributed by atoms with E-state index in [-0.39, 0.29) is 0 Å². The Morgan fingerprint density at radius 2 is 2.17 bits per heavy atom. The highest BCUT2D eigenvalue weighted by molar-refractivity contribution is 9.10. The molecule has 96 valence electrons. The van der Waals surface area contributed by atoms with E-state index in [1.54, 1.807) is 11.8 Å². The van der Waals surface area contributed by atoms with Gasteiger partial charge in [-0.05, 0) is 46.6 Å². The van der Waals surface area contributed by atoms with E-state index in [1.807, 2.05) is 26.1 Å². The van der Waals surface area contributed by atoms with Crippen molar-refractivity contribution < 1.29 is 4.74 Å². The molecule has 2 rings (SSSR count). The van der Waals surface area contributed by atoms with E-state index in [0.29, 0.717) is 6.54 Å². The van der Waals surface area contributed by atoms with Crippen molar-refractivity contribution in [2.45, 2.75) is 13.5 Å². The van der Waals surface area contributed by atoms with Crippen molar-refractivity contribution in [3.05, 3.63) is 33.9 Å². The topological polar surface area (TPSA) is 53.1 Å². The Bertz CT molecular complexity index is 578. The van der Waals surface area contributed by atoms with Gasteiger partial charge < -0.3 is 10.5 Å². The SMILES string of the molecule is COc1ccc(-c2nn(C)c(CN)c2Br)cc1C. The van der Waals surface area contributed by atoms with Crippen LogP contribution in [0.15, 0.2) is 22.7 Å². The number of rotatable bonds is 3. The maximum Gasteiger partial charge on any atom is 0.121 e. The molecule has 0 radical (unpaired) electrons. The third-order valence-electron chi connectivity index (χ3n) is 2.96. The van der Waals surface area contributed by atoms with E-state index in [0.717, 1.165) is 32.7 Å². The Hall–Kier alpha value is -1.33. The minimum atomic E-state index is 0.458. The number of ether oxygens (including phenoxy) is 1. The number of nitrogens with zero attached hydrogens (tertiary/aromatic N) is 2. The Balaban J connectivity index is 2.52. The first-order valence-corrected chi connectivity index (χ1v) is 6.44. The highest BCUT2D eigenvalue weighted by Crippen LogP contribution is 2.32. The molecule has 0 fully saturated rings. The highest BCUT2D eigenvalue weighted by atomic mass is 79.9. The van der Waals surface area contributed by atoms with Crippen molar-refractivity contribution in [1.29, 1.82) is 0 Å². The molecular formula is C13H16BrN3O. The van der Waals surface area contributed by atoms with Crippen molar-refractivity contribution >= 4 is 15.9 Å². The van der Waals surface area contributed by atoms with Crippen LogP contribution >= 0.6 is 15.9 Å². The summed E-state index contributed by atoms with van der Waals surface area (Å²) < 4.78 is 8.02. The molecule has 0 amide bonds. The van der Waals surface area contributed by atoms with Crippen LogP contribution in [-0.4, -0.2) is 16.9 Å². The monoisotopic (exact) mass is 309 g/mol. The van der Waals surface area contributed by atoms with Gasteiger partial charge in [0.25, 0.3) is 0 Å². The molecule has 0 aliphatic rings. The molecule has 0 aliphatic carbocycles. The Labute approximate surface area is 115 Å². The molecule has 2 N–H and O–H groups in total. The molecule has 0 unspecified atom stereocenters. The van der Waals surface area contributed by atoms with Crippen molar-refractivity contribution in [3.63, 3.8) is 0 Å². The fourth-order valence-corrected chi connectivity index (χ4v) is 2.69. The van der Waals surface area contributed by atoms with Crippen LogP contribution in [0.2, 0.25) is 0 Å². The summed E-state index contributed by atoms with van der Waals surface area (Å²) in [5.74, 6) is 0.879. The minimum absolute atomic E-state index is 0.458. The quantitative estimate of drug-likeness (QED) is 0.948. The van der Waals surface area contributed by atoms with Gasteiger partial charge in [-0.2, -0.15) is 5.10 Å². The fourth-order valence-electron chi connectivity index (χ4n) is 1.96. The minimum Gasteiger partial charge on any atom is -0.496 e. The van der Waals surface area contributed by atoms with Gasteiger partial charge in [-0.25, -0.2) is 0 Å². The smallest absolute Gasteiger partial charge is 0.121 e. The van der Waals surface area contributed by atoms with E-state index in [1.165, 1.54) is 0 Å². The Kier molecular flexibility index (Phi) is 3.73. The van der Waals surface area contributed by atoms with E-state index in [9.17, 15) is 0 Å². The van der Waals surface area contributed by atoms with Gasteiger partial charge in [-0.1, -0.05) is 0 Å². The third-order valence-corrected chi connectivity index (χ3v) is 3.80. The summed E-state index contributed by atoms with van der Waals surface area (Å²) >= 11 is 3.56. The highest BCUT2D eigenvalue weighted by Gasteiger charge is 2.14. The number of halogens is 1. The number of aryl methyl sites for hydroxylation is 2. The third kappa shape index (κ3) is 2.15. The predicted molar refractivity (Wildman–Crippen MR) is 75.5 cm³/mol. The van der Waals surface area contributed by atoms with E-state index in [2.05, 4.69) is 27.1 Å². The molecule has 0 saturated heterocycles. The maximum atomic E-state index is 5.71. The number of methoxy groups -OCH3 is 1. The molecule has 2 aromatic rings. The predicted octanol–water partition coefficient (Wildman–Crippen LogP) is 2.63. The summed E-state index contributed by atoms with van der Waals surface area (Å²) in [6, 6.07) is 6.01. The second kappa shape index (κ2) is 5.12. The molecule has 1 heterocycles. The van der Waals surface area contributed by atoms with Gasteiger partial charge in [0.1, 0.15) is 11.4 Å². The van der Waals surface area contributed by atoms with Crippen LogP contribution in [0.5, 0.6) is 5.75 Å². The molecular weight excluding hydrogens is 294 g/mol. The molecule has 0 saturated carbocycles. The summed E-state index contributed by atoms with van der Waals surface area (Å²) in [5.41, 5.74) is 9.73. The number of benzene rings is 1. The lowest BCUT2D eigenvalue weighted by atomic mass is 10.1. The van der Waals surface area contributed by atoms with Gasteiger partial charge in [0.15, 0.2) is 0 Å². The van der Waals surface area contributed by atoms with Crippen molar-refractivity contribution in [3.8, 4) is 17.0 Å². The molecule has 1 aromatic heterocycles. The van der Waals surface area contributed by atoms with Crippen LogP contribution in [-0.2, 0) is 13.6 Å². The maximum absolute atomic E-state index is 5.71. The van der Waals surface area contributed by atoms with Gasteiger partial charge in [-0.3, -0.25) is 4.68 Å². The van der Waals surface area contributed by atoms with Gasteiger partial charge in [0.2, 0.25) is 0 Å². The lowest BCUT2D eigenvalue weighted by Gasteiger charge is -2.06. The summed E-state index contributed by atoms with van der Waals surface area (Å²) in [4.78, 5) is 0. The standard InChI is InChI=1S/C13H16BrN3O/c1-8-6-9(4-5-11(8)18-3)13-12(14)10(7-15)17(2)16-13/h4-6H,7,15H2,1-3H3. The second-order valence-electron chi connectivity index (χ2n) is 4.12. The number of hydrogen-bond acceptors (Lipinski definition) is 3. The number of hydrogen-bond donors (Lipinski definition) is 1. The second-order valence-corrected chi connectivity index (χ2v) is 4.91. The van der Waals surface area contributed by atoms with Crippen LogP contribution in [0, 0.1) is 6.92 Å². The summed E-state index contributed by atoms with van der Waals surface area (Å²) in [6.07, 6.45) is 0. The molecule has 1 aromatic carbocycles. The first-order chi connectivity index (χ1) is 8.58. The molecule has 4 nitrogen and oxygen atoms in total. The largest absolute Gasteiger partial charge is 0.496 e. The molecule has 0 atom stereocenters. The molecule has 18 heavy (non-hydrogen) atoms. The van der Waals surface area contributed by atoms with Gasteiger partial charge in [0.05, 0.1) is 17.3 Å². The van der Waals surface area contributed by atoms with Crippen LogP contribution < -0.4 is 10.5 Å². The summed E-state index contributed by atoms with van der Waals surface area (Å²) in [5, 5.41) is 4.50. The first-order valence-electron chi connectivity index (χ1n) is 5.65. The zero-order valence-electron chi connectivity index (χ0n) is 10.7. The van der Waals surface area contributed by atoms with Gasteiger partial charge in [-0.15, -0.1) is 0 Å². The lowest BCUT2D eigenvalue weighted by Crippen LogP contribution is -2.04. The van der Waals surface area contributed by atoms with E-state index in [4.69, 9.17) is 10.5 Å². The number of aromatic nitrogens is 2.